The molecule has 6 nitrogen and oxygen atoms in total. The number of carbonyl (C=O) groups is 2. The standard InChI is InChI=1S/C22H27N3O3S2/c1-15-8-12-30-21(15)18-13-17(19-7-4-11-29-19)23-25(18)20(26)14-24(9-10-28-2)22(27)16-5-3-6-16/h4,7-8,11-12,16,18H,3,5-6,9-10,13-14H2,1-2H3. The summed E-state index contributed by atoms with van der Waals surface area (Å²) in [5.41, 5.74) is 2.11. The zero-order valence-corrected chi connectivity index (χ0v) is 19.0. The van der Waals surface area contributed by atoms with E-state index < -0.39 is 0 Å². The molecule has 2 aliphatic rings. The van der Waals surface area contributed by atoms with E-state index in [2.05, 4.69) is 18.4 Å². The van der Waals surface area contributed by atoms with Gasteiger partial charge in [0.25, 0.3) is 5.91 Å². The molecule has 0 radical (unpaired) electrons. The fraction of sp³-hybridized carbons (Fsp3) is 0.500. The van der Waals surface area contributed by atoms with Gasteiger partial charge < -0.3 is 9.64 Å². The Morgan fingerprint density at radius 3 is 2.70 bits per heavy atom. The van der Waals surface area contributed by atoms with Crippen molar-refractivity contribution in [2.75, 3.05) is 26.8 Å². The molecule has 1 fully saturated rings. The maximum absolute atomic E-state index is 13.4. The quantitative estimate of drug-likeness (QED) is 0.615. The van der Waals surface area contributed by atoms with Crippen LogP contribution in [0.4, 0.5) is 0 Å². The van der Waals surface area contributed by atoms with Gasteiger partial charge in [-0.25, -0.2) is 5.01 Å². The van der Waals surface area contributed by atoms with Crippen LogP contribution < -0.4 is 0 Å². The first kappa shape index (κ1) is 21.2. The Labute approximate surface area is 185 Å². The lowest BCUT2D eigenvalue weighted by Crippen LogP contribution is -2.46. The fourth-order valence-corrected chi connectivity index (χ4v) is 5.61. The van der Waals surface area contributed by atoms with Crippen LogP contribution in [-0.4, -0.2) is 54.2 Å². The third-order valence-electron chi connectivity index (χ3n) is 5.83. The van der Waals surface area contributed by atoms with E-state index in [9.17, 15) is 9.59 Å². The largest absolute Gasteiger partial charge is 0.383 e. The number of hydrogen-bond acceptors (Lipinski definition) is 6. The molecule has 2 amide bonds. The molecule has 2 aromatic rings. The number of hydrazone groups is 1. The molecule has 0 saturated heterocycles. The number of thiophene rings is 2. The maximum atomic E-state index is 13.4. The van der Waals surface area contributed by atoms with Crippen molar-refractivity contribution in [2.45, 2.75) is 38.6 Å². The maximum Gasteiger partial charge on any atom is 0.262 e. The molecule has 1 aliphatic carbocycles. The zero-order valence-electron chi connectivity index (χ0n) is 17.4. The van der Waals surface area contributed by atoms with Gasteiger partial charge >= 0.3 is 0 Å². The number of ether oxygens (including phenoxy) is 1. The van der Waals surface area contributed by atoms with Crippen LogP contribution in [0.2, 0.25) is 0 Å². The molecule has 8 heteroatoms. The molecule has 160 valence electrons. The summed E-state index contributed by atoms with van der Waals surface area (Å²) in [5, 5.41) is 10.4. The predicted molar refractivity (Wildman–Crippen MR) is 120 cm³/mol. The molecule has 0 N–H and O–H groups in total. The van der Waals surface area contributed by atoms with Crippen LogP contribution in [-0.2, 0) is 14.3 Å². The van der Waals surface area contributed by atoms with E-state index in [1.165, 1.54) is 5.56 Å². The van der Waals surface area contributed by atoms with Crippen molar-refractivity contribution in [1.82, 2.24) is 9.91 Å². The molecule has 0 aromatic carbocycles. The summed E-state index contributed by atoms with van der Waals surface area (Å²) in [5.74, 6) is -0.0194. The van der Waals surface area contributed by atoms with Gasteiger partial charge in [0, 0.05) is 30.9 Å². The summed E-state index contributed by atoms with van der Waals surface area (Å²) in [4.78, 5) is 30.1. The highest BCUT2D eigenvalue weighted by Gasteiger charge is 2.37. The van der Waals surface area contributed by atoms with Crippen molar-refractivity contribution in [3.63, 3.8) is 0 Å². The molecular weight excluding hydrogens is 418 g/mol. The molecular formula is C22H27N3O3S2. The number of rotatable bonds is 8. The molecule has 30 heavy (non-hydrogen) atoms. The fourth-order valence-electron chi connectivity index (χ4n) is 3.88. The lowest BCUT2D eigenvalue weighted by atomic mass is 9.84. The highest BCUT2D eigenvalue weighted by molar-refractivity contribution is 7.12. The number of aryl methyl sites for hydroxylation is 1. The van der Waals surface area contributed by atoms with E-state index in [4.69, 9.17) is 9.84 Å². The average molecular weight is 446 g/mol. The summed E-state index contributed by atoms with van der Waals surface area (Å²) in [6.45, 7) is 2.96. The van der Waals surface area contributed by atoms with Crippen molar-refractivity contribution in [2.24, 2.45) is 11.0 Å². The second-order valence-electron chi connectivity index (χ2n) is 7.83. The summed E-state index contributed by atoms with van der Waals surface area (Å²) in [7, 11) is 1.61. The molecule has 0 spiro atoms. The lowest BCUT2D eigenvalue weighted by molar-refractivity contribution is -0.146. The molecule has 1 saturated carbocycles. The van der Waals surface area contributed by atoms with Crippen LogP contribution in [0, 0.1) is 12.8 Å². The van der Waals surface area contributed by atoms with E-state index >= 15 is 0 Å². The molecule has 3 heterocycles. The summed E-state index contributed by atoms with van der Waals surface area (Å²) < 4.78 is 5.18. The van der Waals surface area contributed by atoms with Gasteiger partial charge in [0.1, 0.15) is 6.54 Å². The molecule has 1 unspecified atom stereocenters. The zero-order chi connectivity index (χ0) is 21.1. The first-order chi connectivity index (χ1) is 14.6. The van der Waals surface area contributed by atoms with Crippen molar-refractivity contribution in [3.05, 3.63) is 44.3 Å². The monoisotopic (exact) mass is 445 g/mol. The number of amides is 2. The Morgan fingerprint density at radius 1 is 1.27 bits per heavy atom. The van der Waals surface area contributed by atoms with E-state index in [-0.39, 0.29) is 30.3 Å². The van der Waals surface area contributed by atoms with Crippen LogP contribution in [0.1, 0.15) is 47.0 Å². The Balaban J connectivity index is 1.56. The van der Waals surface area contributed by atoms with Gasteiger partial charge in [0.15, 0.2) is 0 Å². The molecule has 2 aromatic heterocycles. The topological polar surface area (TPSA) is 62.2 Å². The van der Waals surface area contributed by atoms with E-state index in [1.54, 1.807) is 39.7 Å². The first-order valence-electron chi connectivity index (χ1n) is 10.3. The van der Waals surface area contributed by atoms with Gasteiger partial charge in [-0.1, -0.05) is 12.5 Å². The Hall–Kier alpha value is -2.03. The van der Waals surface area contributed by atoms with Crippen molar-refractivity contribution in [1.29, 1.82) is 0 Å². The number of methoxy groups -OCH3 is 1. The van der Waals surface area contributed by atoms with Crippen LogP contribution in [0.25, 0.3) is 0 Å². The minimum atomic E-state index is -0.136. The van der Waals surface area contributed by atoms with E-state index in [1.807, 2.05) is 17.5 Å². The average Bonchev–Trinajstić information content (AvgIpc) is 3.42. The highest BCUT2D eigenvalue weighted by Crippen LogP contribution is 2.38. The number of hydrogen-bond donors (Lipinski definition) is 0. The van der Waals surface area contributed by atoms with Crippen LogP contribution in [0.5, 0.6) is 0 Å². The molecule has 1 atom stereocenters. The summed E-state index contributed by atoms with van der Waals surface area (Å²) in [6, 6.07) is 6.01. The van der Waals surface area contributed by atoms with Gasteiger partial charge in [-0.05, 0) is 48.2 Å². The van der Waals surface area contributed by atoms with Gasteiger partial charge in [-0.3, -0.25) is 9.59 Å². The second-order valence-corrected chi connectivity index (χ2v) is 9.73. The Kier molecular flexibility index (Phi) is 6.65. The number of carbonyl (C=O) groups excluding carboxylic acids is 2. The van der Waals surface area contributed by atoms with Crippen molar-refractivity contribution >= 4 is 40.2 Å². The van der Waals surface area contributed by atoms with E-state index in [0.717, 1.165) is 34.7 Å². The van der Waals surface area contributed by atoms with Crippen LogP contribution in [0.15, 0.2) is 34.1 Å². The minimum absolute atomic E-state index is 0.0425. The van der Waals surface area contributed by atoms with Crippen LogP contribution >= 0.6 is 22.7 Å². The van der Waals surface area contributed by atoms with Gasteiger partial charge in [0.2, 0.25) is 5.91 Å². The van der Waals surface area contributed by atoms with Gasteiger partial charge in [-0.2, -0.15) is 5.10 Å². The Morgan fingerprint density at radius 2 is 2.10 bits per heavy atom. The lowest BCUT2D eigenvalue weighted by Gasteiger charge is -2.32. The highest BCUT2D eigenvalue weighted by atomic mass is 32.1. The summed E-state index contributed by atoms with van der Waals surface area (Å²) >= 11 is 3.30. The predicted octanol–water partition coefficient (Wildman–Crippen LogP) is 4.07. The van der Waals surface area contributed by atoms with Gasteiger partial charge in [0.05, 0.1) is 23.2 Å². The van der Waals surface area contributed by atoms with Crippen LogP contribution in [0.3, 0.4) is 0 Å². The smallest absolute Gasteiger partial charge is 0.262 e. The van der Waals surface area contributed by atoms with Crippen molar-refractivity contribution < 1.29 is 14.3 Å². The van der Waals surface area contributed by atoms with Crippen molar-refractivity contribution in [3.8, 4) is 0 Å². The normalized spacial score (nSPS) is 18.9. The minimum Gasteiger partial charge on any atom is -0.383 e. The van der Waals surface area contributed by atoms with Gasteiger partial charge in [-0.15, -0.1) is 22.7 Å². The SMILES string of the molecule is COCCN(CC(=O)N1N=C(c2cccs2)CC1c1sccc1C)C(=O)C1CCC1. The third kappa shape index (κ3) is 4.36. The summed E-state index contributed by atoms with van der Waals surface area (Å²) in [6.07, 6.45) is 3.61. The number of nitrogens with zero attached hydrogens (tertiary/aromatic N) is 3. The second kappa shape index (κ2) is 9.41. The first-order valence-corrected chi connectivity index (χ1v) is 12.1. The third-order valence-corrected chi connectivity index (χ3v) is 7.87. The van der Waals surface area contributed by atoms with E-state index in [0.29, 0.717) is 19.6 Å². The molecule has 1 aliphatic heterocycles. The molecule has 4 rings (SSSR count). The Bertz CT molecular complexity index is 918. The molecule has 0 bridgehead atoms.